The number of amides is 1. The molecule has 5 nitrogen and oxygen atoms in total. The molecule has 0 bridgehead atoms. The van der Waals surface area contributed by atoms with Gasteiger partial charge in [0.15, 0.2) is 0 Å². The van der Waals surface area contributed by atoms with E-state index < -0.39 is 11.8 Å². The molecular formula is C20H20BrFN2O3. The van der Waals surface area contributed by atoms with Gasteiger partial charge in [-0.15, -0.1) is 0 Å². The van der Waals surface area contributed by atoms with Crippen LogP contribution in [0.4, 0.5) is 4.39 Å². The number of hydrogen-bond acceptors (Lipinski definition) is 2. The summed E-state index contributed by atoms with van der Waals surface area (Å²) < 4.78 is 16.9. The molecule has 2 aromatic rings. The summed E-state index contributed by atoms with van der Waals surface area (Å²) in [5, 5.41) is 12.0. The van der Waals surface area contributed by atoms with Gasteiger partial charge in [0.05, 0.1) is 0 Å². The molecule has 27 heavy (non-hydrogen) atoms. The number of hydrogen-bond donors (Lipinski definition) is 2. The predicted molar refractivity (Wildman–Crippen MR) is 102 cm³/mol. The van der Waals surface area contributed by atoms with Gasteiger partial charge >= 0.3 is 5.97 Å². The first-order chi connectivity index (χ1) is 13.0. The summed E-state index contributed by atoms with van der Waals surface area (Å²) in [5.41, 5.74) is 5.02. The maximum atomic E-state index is 14.3. The SMILES string of the molecule is O=C(O)CCc1c(Br)cc(F)cc1-c1c2c(n3c1C(=O)NCC3)CCCC2. The Bertz CT molecular complexity index is 951. The highest BCUT2D eigenvalue weighted by molar-refractivity contribution is 9.10. The number of carbonyl (C=O) groups is 2. The summed E-state index contributed by atoms with van der Waals surface area (Å²) in [7, 11) is 0. The van der Waals surface area contributed by atoms with E-state index in [0.717, 1.165) is 42.4 Å². The molecule has 0 atom stereocenters. The fraction of sp³-hybridized carbons (Fsp3) is 0.400. The predicted octanol–water partition coefficient (Wildman–Crippen LogP) is 3.70. The van der Waals surface area contributed by atoms with E-state index in [1.807, 2.05) is 0 Å². The highest BCUT2D eigenvalue weighted by atomic mass is 79.9. The summed E-state index contributed by atoms with van der Waals surface area (Å²) in [5.74, 6) is -1.46. The van der Waals surface area contributed by atoms with E-state index >= 15 is 0 Å². The molecule has 0 saturated heterocycles. The third-order valence-corrected chi connectivity index (χ3v) is 6.14. The molecule has 0 radical (unpaired) electrons. The number of rotatable bonds is 4. The molecule has 1 aliphatic carbocycles. The zero-order valence-corrected chi connectivity index (χ0v) is 16.4. The van der Waals surface area contributed by atoms with Gasteiger partial charge in [0, 0.05) is 35.2 Å². The van der Waals surface area contributed by atoms with Gasteiger partial charge in [-0.2, -0.15) is 0 Å². The summed E-state index contributed by atoms with van der Waals surface area (Å²) in [6, 6.07) is 2.80. The Hall–Kier alpha value is -2.15. The number of carboxylic acids is 1. The van der Waals surface area contributed by atoms with Crippen LogP contribution < -0.4 is 5.32 Å². The van der Waals surface area contributed by atoms with Crippen molar-refractivity contribution in [2.24, 2.45) is 0 Å². The summed E-state index contributed by atoms with van der Waals surface area (Å²) in [6.07, 6.45) is 4.09. The molecule has 0 saturated carbocycles. The van der Waals surface area contributed by atoms with E-state index in [2.05, 4.69) is 25.8 Å². The van der Waals surface area contributed by atoms with Crippen LogP contribution in [-0.4, -0.2) is 28.1 Å². The molecule has 2 aliphatic rings. The third kappa shape index (κ3) is 3.18. The van der Waals surface area contributed by atoms with Gasteiger partial charge in [-0.3, -0.25) is 9.59 Å². The van der Waals surface area contributed by atoms with Crippen LogP contribution in [0.5, 0.6) is 0 Å². The average Bonchev–Trinajstić information content (AvgIpc) is 2.96. The molecular weight excluding hydrogens is 415 g/mol. The number of nitrogens with one attached hydrogen (secondary N) is 1. The molecule has 2 N–H and O–H groups in total. The van der Waals surface area contributed by atoms with Gasteiger partial charge in [0.2, 0.25) is 0 Å². The Labute approximate surface area is 164 Å². The van der Waals surface area contributed by atoms with Crippen molar-refractivity contribution in [2.45, 2.75) is 45.1 Å². The largest absolute Gasteiger partial charge is 0.481 e. The number of aromatic nitrogens is 1. The molecule has 0 spiro atoms. The van der Waals surface area contributed by atoms with Crippen LogP contribution >= 0.6 is 15.9 Å². The quantitative estimate of drug-likeness (QED) is 0.770. The molecule has 7 heteroatoms. The lowest BCUT2D eigenvalue weighted by molar-refractivity contribution is -0.136. The molecule has 1 aliphatic heterocycles. The Morgan fingerprint density at radius 1 is 1.30 bits per heavy atom. The van der Waals surface area contributed by atoms with Crippen molar-refractivity contribution in [3.63, 3.8) is 0 Å². The van der Waals surface area contributed by atoms with Crippen LogP contribution in [0.2, 0.25) is 0 Å². The number of carbonyl (C=O) groups excluding carboxylic acids is 1. The number of carboxylic acid groups (broad SMARTS) is 1. The molecule has 1 aromatic heterocycles. The zero-order valence-electron chi connectivity index (χ0n) is 14.8. The maximum Gasteiger partial charge on any atom is 0.303 e. The fourth-order valence-electron chi connectivity index (χ4n) is 4.32. The van der Waals surface area contributed by atoms with Crippen molar-refractivity contribution in [3.05, 3.63) is 44.9 Å². The zero-order chi connectivity index (χ0) is 19.1. The molecule has 142 valence electrons. The summed E-state index contributed by atoms with van der Waals surface area (Å²) in [6.45, 7) is 1.30. The van der Waals surface area contributed by atoms with Crippen molar-refractivity contribution >= 4 is 27.8 Å². The van der Waals surface area contributed by atoms with Crippen LogP contribution in [-0.2, 0) is 30.6 Å². The van der Waals surface area contributed by atoms with Crippen molar-refractivity contribution in [1.29, 1.82) is 0 Å². The lowest BCUT2D eigenvalue weighted by Gasteiger charge is -2.20. The van der Waals surface area contributed by atoms with Crippen molar-refractivity contribution in [3.8, 4) is 11.1 Å². The van der Waals surface area contributed by atoms with Crippen LogP contribution in [0, 0.1) is 5.82 Å². The van der Waals surface area contributed by atoms with Crippen LogP contribution in [0.3, 0.4) is 0 Å². The Morgan fingerprint density at radius 3 is 2.85 bits per heavy atom. The first-order valence-electron chi connectivity index (χ1n) is 9.20. The second kappa shape index (κ2) is 7.11. The molecule has 4 rings (SSSR count). The Kier molecular flexibility index (Phi) is 4.80. The number of nitrogens with zero attached hydrogens (tertiary/aromatic N) is 1. The van der Waals surface area contributed by atoms with E-state index in [1.165, 1.54) is 17.8 Å². The average molecular weight is 435 g/mol. The summed E-state index contributed by atoms with van der Waals surface area (Å²) >= 11 is 3.40. The van der Waals surface area contributed by atoms with Gasteiger partial charge < -0.3 is 15.0 Å². The summed E-state index contributed by atoms with van der Waals surface area (Å²) in [4.78, 5) is 23.8. The number of benzene rings is 1. The van der Waals surface area contributed by atoms with Gasteiger partial charge in [-0.25, -0.2) is 4.39 Å². The standard InChI is InChI=1S/C20H20BrFN2O3/c21-15-10-11(22)9-14(12(15)5-6-17(25)26)18-13-3-1-2-4-16(13)24-8-7-23-20(27)19(18)24/h9-10H,1-8H2,(H,23,27)(H,25,26). The highest BCUT2D eigenvalue weighted by Gasteiger charge is 2.32. The fourth-order valence-corrected chi connectivity index (χ4v) is 4.95. The molecule has 0 fully saturated rings. The first kappa shape index (κ1) is 18.2. The monoisotopic (exact) mass is 434 g/mol. The third-order valence-electron chi connectivity index (χ3n) is 5.43. The minimum atomic E-state index is -0.907. The van der Waals surface area contributed by atoms with Gasteiger partial charge in [-0.05, 0) is 60.9 Å². The lowest BCUT2D eigenvalue weighted by atomic mass is 9.88. The van der Waals surface area contributed by atoms with Crippen molar-refractivity contribution < 1.29 is 19.1 Å². The minimum absolute atomic E-state index is 0.0539. The van der Waals surface area contributed by atoms with Gasteiger partial charge in [0.1, 0.15) is 11.5 Å². The molecule has 1 amide bonds. The van der Waals surface area contributed by atoms with E-state index in [-0.39, 0.29) is 18.7 Å². The van der Waals surface area contributed by atoms with E-state index in [1.54, 1.807) is 0 Å². The molecule has 0 unspecified atom stereocenters. The van der Waals surface area contributed by atoms with Crippen LogP contribution in [0.1, 0.15) is 46.6 Å². The van der Waals surface area contributed by atoms with Gasteiger partial charge in [-0.1, -0.05) is 15.9 Å². The number of aliphatic carboxylic acids is 1. The van der Waals surface area contributed by atoms with Gasteiger partial charge in [0.25, 0.3) is 5.91 Å². The first-order valence-corrected chi connectivity index (χ1v) is 9.99. The van der Waals surface area contributed by atoms with E-state index in [0.29, 0.717) is 28.8 Å². The Balaban J connectivity index is 1.98. The second-order valence-electron chi connectivity index (χ2n) is 7.07. The minimum Gasteiger partial charge on any atom is -0.481 e. The molecule has 1 aromatic carbocycles. The smallest absolute Gasteiger partial charge is 0.303 e. The normalized spacial score (nSPS) is 15.9. The number of fused-ring (bicyclic) bond motifs is 3. The Morgan fingerprint density at radius 2 is 2.07 bits per heavy atom. The van der Waals surface area contributed by atoms with E-state index in [4.69, 9.17) is 5.11 Å². The van der Waals surface area contributed by atoms with Crippen molar-refractivity contribution in [1.82, 2.24) is 9.88 Å². The second-order valence-corrected chi connectivity index (χ2v) is 7.93. The molecule has 2 heterocycles. The van der Waals surface area contributed by atoms with E-state index in [9.17, 15) is 14.0 Å². The highest BCUT2D eigenvalue weighted by Crippen LogP contribution is 2.41. The van der Waals surface area contributed by atoms with Crippen molar-refractivity contribution in [2.75, 3.05) is 6.54 Å². The van der Waals surface area contributed by atoms with Crippen LogP contribution in [0.25, 0.3) is 11.1 Å². The number of halogens is 2. The topological polar surface area (TPSA) is 71.3 Å². The van der Waals surface area contributed by atoms with Crippen LogP contribution in [0.15, 0.2) is 16.6 Å². The maximum absolute atomic E-state index is 14.3. The lowest BCUT2D eigenvalue weighted by Crippen LogP contribution is -2.36.